The third kappa shape index (κ3) is 4.82. The molecule has 0 saturated carbocycles. The fourth-order valence-electron chi connectivity index (χ4n) is 1.27. The average molecular weight is 237 g/mol. The van der Waals surface area contributed by atoms with Crippen molar-refractivity contribution in [1.82, 2.24) is 15.1 Å². The van der Waals surface area contributed by atoms with E-state index in [0.717, 1.165) is 5.57 Å². The van der Waals surface area contributed by atoms with E-state index in [4.69, 9.17) is 4.74 Å². The number of nitrogens with one attached hydrogen (secondary N) is 1. The van der Waals surface area contributed by atoms with E-state index in [1.807, 2.05) is 6.92 Å². The lowest BCUT2D eigenvalue weighted by molar-refractivity contribution is -0.124. The van der Waals surface area contributed by atoms with E-state index in [9.17, 15) is 4.79 Å². The summed E-state index contributed by atoms with van der Waals surface area (Å²) in [6, 6.07) is 1.49. The zero-order valence-corrected chi connectivity index (χ0v) is 10.3. The van der Waals surface area contributed by atoms with Gasteiger partial charge < -0.3 is 10.1 Å². The zero-order valence-electron chi connectivity index (χ0n) is 10.3. The molecular weight excluding hydrogens is 218 g/mol. The summed E-state index contributed by atoms with van der Waals surface area (Å²) in [6.45, 7) is 8.95. The van der Waals surface area contributed by atoms with Gasteiger partial charge >= 0.3 is 0 Å². The van der Waals surface area contributed by atoms with Gasteiger partial charge in [0.2, 0.25) is 5.91 Å². The Morgan fingerprint density at radius 1 is 1.65 bits per heavy atom. The van der Waals surface area contributed by atoms with Crippen molar-refractivity contribution in [2.24, 2.45) is 0 Å². The summed E-state index contributed by atoms with van der Waals surface area (Å²) in [7, 11) is 0. The lowest BCUT2D eigenvalue weighted by Crippen LogP contribution is -2.33. The van der Waals surface area contributed by atoms with E-state index in [-0.39, 0.29) is 11.9 Å². The smallest absolute Gasteiger partial charge is 0.244 e. The Labute approximate surface area is 101 Å². The van der Waals surface area contributed by atoms with Crippen molar-refractivity contribution in [1.29, 1.82) is 0 Å². The van der Waals surface area contributed by atoms with E-state index in [1.54, 1.807) is 30.1 Å². The third-order valence-electron chi connectivity index (χ3n) is 2.20. The number of carbonyl (C=O) groups excluding carboxylic acids is 1. The molecule has 94 valence electrons. The summed E-state index contributed by atoms with van der Waals surface area (Å²) >= 11 is 0. The Hall–Kier alpha value is -1.62. The second kappa shape index (κ2) is 6.85. The van der Waals surface area contributed by atoms with Crippen LogP contribution in [0.15, 0.2) is 30.6 Å². The molecule has 1 heterocycles. The maximum atomic E-state index is 11.7. The number of carbonyl (C=O) groups is 1. The van der Waals surface area contributed by atoms with Crippen molar-refractivity contribution in [3.63, 3.8) is 0 Å². The third-order valence-corrected chi connectivity index (χ3v) is 2.20. The Kier molecular flexibility index (Phi) is 5.42. The number of ether oxygens (including phenoxy) is 1. The minimum absolute atomic E-state index is 0.0624. The average Bonchev–Trinajstić information content (AvgIpc) is 2.80. The van der Waals surface area contributed by atoms with Crippen molar-refractivity contribution in [3.8, 4) is 0 Å². The van der Waals surface area contributed by atoms with E-state index < -0.39 is 0 Å². The second-order valence-corrected chi connectivity index (χ2v) is 3.96. The van der Waals surface area contributed by atoms with Gasteiger partial charge in [-0.25, -0.2) is 0 Å². The molecular formula is C12H19N3O2. The van der Waals surface area contributed by atoms with Crippen LogP contribution in [-0.2, 0) is 9.53 Å². The highest BCUT2D eigenvalue weighted by Crippen LogP contribution is 2.02. The second-order valence-electron chi connectivity index (χ2n) is 3.96. The Morgan fingerprint density at radius 3 is 3.00 bits per heavy atom. The Balaban J connectivity index is 2.19. The highest BCUT2D eigenvalue weighted by molar-refractivity contribution is 5.79. The predicted octanol–water partition coefficient (Wildman–Crippen LogP) is 1.15. The normalized spacial score (nSPS) is 12.1. The summed E-state index contributed by atoms with van der Waals surface area (Å²) in [4.78, 5) is 11.7. The number of aromatic nitrogens is 2. The summed E-state index contributed by atoms with van der Waals surface area (Å²) in [5, 5.41) is 6.81. The zero-order chi connectivity index (χ0) is 12.7. The summed E-state index contributed by atoms with van der Waals surface area (Å²) < 4.78 is 6.89. The van der Waals surface area contributed by atoms with Crippen LogP contribution in [0.5, 0.6) is 0 Å². The fraction of sp³-hybridized carbons (Fsp3) is 0.500. The first-order chi connectivity index (χ1) is 8.11. The largest absolute Gasteiger partial charge is 0.375 e. The molecule has 0 bridgehead atoms. The molecule has 0 aliphatic heterocycles. The van der Waals surface area contributed by atoms with Gasteiger partial charge in [-0.05, 0) is 19.9 Å². The van der Waals surface area contributed by atoms with Crippen LogP contribution in [0.1, 0.15) is 19.9 Å². The molecule has 17 heavy (non-hydrogen) atoms. The Morgan fingerprint density at radius 2 is 2.41 bits per heavy atom. The van der Waals surface area contributed by atoms with Crippen molar-refractivity contribution in [3.05, 3.63) is 30.6 Å². The highest BCUT2D eigenvalue weighted by Gasteiger charge is 2.13. The van der Waals surface area contributed by atoms with Gasteiger partial charge in [0.05, 0.1) is 13.2 Å². The molecule has 0 fully saturated rings. The summed E-state index contributed by atoms with van der Waals surface area (Å²) in [6.07, 6.45) is 3.42. The topological polar surface area (TPSA) is 56.1 Å². The van der Waals surface area contributed by atoms with Crippen LogP contribution < -0.4 is 5.32 Å². The van der Waals surface area contributed by atoms with Gasteiger partial charge in [-0.1, -0.05) is 12.2 Å². The SMILES string of the molecule is C=C(C)COCCNC(=O)C(C)n1cccn1. The predicted molar refractivity (Wildman–Crippen MR) is 65.6 cm³/mol. The molecule has 5 heteroatoms. The van der Waals surface area contributed by atoms with Crippen LogP contribution >= 0.6 is 0 Å². The molecule has 1 N–H and O–H groups in total. The standard InChI is InChI=1S/C12H19N3O2/c1-10(2)9-17-8-6-13-12(16)11(3)15-7-4-5-14-15/h4-5,7,11H,1,6,8-9H2,2-3H3,(H,13,16). The molecule has 0 aliphatic rings. The van der Waals surface area contributed by atoms with Crippen LogP contribution in [0.4, 0.5) is 0 Å². The van der Waals surface area contributed by atoms with E-state index in [0.29, 0.717) is 19.8 Å². The van der Waals surface area contributed by atoms with Crippen LogP contribution in [0.25, 0.3) is 0 Å². The van der Waals surface area contributed by atoms with Crippen molar-refractivity contribution in [2.75, 3.05) is 19.8 Å². The van der Waals surface area contributed by atoms with Crippen LogP contribution in [0.3, 0.4) is 0 Å². The lowest BCUT2D eigenvalue weighted by Gasteiger charge is -2.12. The first kappa shape index (κ1) is 13.4. The number of hydrogen-bond acceptors (Lipinski definition) is 3. The number of amides is 1. The highest BCUT2D eigenvalue weighted by atomic mass is 16.5. The number of nitrogens with zero attached hydrogens (tertiary/aromatic N) is 2. The van der Waals surface area contributed by atoms with E-state index >= 15 is 0 Å². The molecule has 0 aliphatic carbocycles. The molecule has 1 aromatic rings. The first-order valence-electron chi connectivity index (χ1n) is 5.60. The monoisotopic (exact) mass is 237 g/mol. The lowest BCUT2D eigenvalue weighted by atomic mass is 10.3. The minimum Gasteiger partial charge on any atom is -0.375 e. The van der Waals surface area contributed by atoms with Gasteiger partial charge in [-0.2, -0.15) is 5.10 Å². The Bertz CT molecular complexity index is 360. The van der Waals surface area contributed by atoms with Gasteiger partial charge in [0.25, 0.3) is 0 Å². The fourth-order valence-corrected chi connectivity index (χ4v) is 1.27. The van der Waals surface area contributed by atoms with E-state index in [2.05, 4.69) is 17.0 Å². The molecule has 0 saturated heterocycles. The van der Waals surface area contributed by atoms with Crippen molar-refractivity contribution in [2.45, 2.75) is 19.9 Å². The molecule has 1 amide bonds. The first-order valence-corrected chi connectivity index (χ1v) is 5.60. The molecule has 0 spiro atoms. The molecule has 1 unspecified atom stereocenters. The van der Waals surface area contributed by atoms with E-state index in [1.165, 1.54) is 0 Å². The maximum absolute atomic E-state index is 11.7. The number of rotatable bonds is 7. The molecule has 1 rings (SSSR count). The van der Waals surface area contributed by atoms with Gasteiger partial charge in [0, 0.05) is 18.9 Å². The number of hydrogen-bond donors (Lipinski definition) is 1. The molecule has 1 aromatic heterocycles. The molecule has 0 aromatic carbocycles. The van der Waals surface area contributed by atoms with Gasteiger partial charge in [0.1, 0.15) is 6.04 Å². The maximum Gasteiger partial charge on any atom is 0.244 e. The summed E-state index contributed by atoms with van der Waals surface area (Å²) in [5.41, 5.74) is 0.973. The molecule has 5 nitrogen and oxygen atoms in total. The quantitative estimate of drug-likeness (QED) is 0.572. The van der Waals surface area contributed by atoms with Crippen LogP contribution in [-0.4, -0.2) is 35.4 Å². The van der Waals surface area contributed by atoms with Gasteiger partial charge in [0.15, 0.2) is 0 Å². The summed E-state index contributed by atoms with van der Waals surface area (Å²) in [5.74, 6) is -0.0624. The van der Waals surface area contributed by atoms with Crippen LogP contribution in [0.2, 0.25) is 0 Å². The van der Waals surface area contributed by atoms with Crippen molar-refractivity contribution < 1.29 is 9.53 Å². The van der Waals surface area contributed by atoms with Crippen LogP contribution in [0, 0.1) is 0 Å². The minimum atomic E-state index is -0.300. The molecule has 1 atom stereocenters. The van der Waals surface area contributed by atoms with Gasteiger partial charge in [-0.3, -0.25) is 9.48 Å². The molecule has 0 radical (unpaired) electrons. The van der Waals surface area contributed by atoms with Gasteiger partial charge in [-0.15, -0.1) is 0 Å². The van der Waals surface area contributed by atoms with Crippen molar-refractivity contribution >= 4 is 5.91 Å².